The minimum absolute atomic E-state index is 0.407. The molecule has 21 heavy (non-hydrogen) atoms. The molecule has 0 fully saturated rings. The summed E-state index contributed by atoms with van der Waals surface area (Å²) in [6.45, 7) is 1.88. The number of hydrogen-bond donors (Lipinski definition) is 2. The third-order valence-corrected chi connectivity index (χ3v) is 3.43. The first kappa shape index (κ1) is 15.5. The van der Waals surface area contributed by atoms with Gasteiger partial charge in [0.2, 0.25) is 0 Å². The number of ether oxygens (including phenoxy) is 1. The Bertz CT molecular complexity index is 675. The van der Waals surface area contributed by atoms with Crippen LogP contribution in [0.25, 0.3) is 0 Å². The van der Waals surface area contributed by atoms with E-state index in [0.29, 0.717) is 27.2 Å². The van der Waals surface area contributed by atoms with Gasteiger partial charge in [0, 0.05) is 16.8 Å². The molecule has 0 saturated carbocycles. The number of hydrogen-bond acceptors (Lipinski definition) is 2. The highest BCUT2D eigenvalue weighted by Crippen LogP contribution is 2.27. The summed E-state index contributed by atoms with van der Waals surface area (Å²) in [6, 6.07) is 9.88. The van der Waals surface area contributed by atoms with E-state index in [1.165, 1.54) is 0 Å². The van der Waals surface area contributed by atoms with Gasteiger partial charge in [0.25, 0.3) is 0 Å². The first-order valence-electron chi connectivity index (χ1n) is 6.17. The maximum absolute atomic E-state index is 12.0. The van der Waals surface area contributed by atoms with Crippen molar-refractivity contribution in [1.82, 2.24) is 0 Å². The fourth-order valence-electron chi connectivity index (χ4n) is 1.73. The van der Waals surface area contributed by atoms with E-state index >= 15 is 0 Å². The molecular weight excluding hydrogens is 311 g/mol. The Morgan fingerprint density at radius 1 is 1.05 bits per heavy atom. The third-order valence-electron chi connectivity index (χ3n) is 2.87. The molecular formula is C15H14Cl2N2O2. The molecule has 0 saturated heterocycles. The van der Waals surface area contributed by atoms with Crippen molar-refractivity contribution < 1.29 is 9.53 Å². The van der Waals surface area contributed by atoms with Crippen LogP contribution in [0.2, 0.25) is 10.0 Å². The van der Waals surface area contributed by atoms with Gasteiger partial charge in [-0.3, -0.25) is 0 Å². The summed E-state index contributed by atoms with van der Waals surface area (Å²) in [4.78, 5) is 12.0. The Morgan fingerprint density at radius 2 is 1.76 bits per heavy atom. The lowest BCUT2D eigenvalue weighted by molar-refractivity contribution is 0.262. The van der Waals surface area contributed by atoms with E-state index in [1.54, 1.807) is 37.4 Å². The second-order valence-electron chi connectivity index (χ2n) is 4.38. The molecule has 2 rings (SSSR count). The van der Waals surface area contributed by atoms with Crippen LogP contribution in [0.1, 0.15) is 5.56 Å². The number of methoxy groups -OCH3 is 1. The molecule has 0 unspecified atom stereocenters. The Balaban J connectivity index is 2.13. The molecule has 0 aliphatic carbocycles. The number of carbonyl (C=O) groups is 1. The quantitative estimate of drug-likeness (QED) is 0.838. The summed E-state index contributed by atoms with van der Waals surface area (Å²) in [5.74, 6) is 0.605. The van der Waals surface area contributed by atoms with Crippen LogP contribution in [0, 0.1) is 6.92 Å². The van der Waals surface area contributed by atoms with Crippen LogP contribution in [0.4, 0.5) is 16.2 Å². The molecule has 2 amide bonds. The zero-order valence-electron chi connectivity index (χ0n) is 11.5. The minimum atomic E-state index is -0.407. The van der Waals surface area contributed by atoms with Crippen molar-refractivity contribution in [2.45, 2.75) is 6.92 Å². The highest BCUT2D eigenvalue weighted by atomic mass is 35.5. The lowest BCUT2D eigenvalue weighted by atomic mass is 10.2. The van der Waals surface area contributed by atoms with Crippen LogP contribution in [0.3, 0.4) is 0 Å². The SMILES string of the molecule is COc1ccc(Cl)c(NC(=O)Nc2cc(Cl)ccc2C)c1. The fourth-order valence-corrected chi connectivity index (χ4v) is 2.07. The van der Waals surface area contributed by atoms with Gasteiger partial charge in [-0.1, -0.05) is 29.3 Å². The average Bonchev–Trinajstić information content (AvgIpc) is 2.45. The van der Waals surface area contributed by atoms with E-state index < -0.39 is 6.03 Å². The van der Waals surface area contributed by atoms with Gasteiger partial charge < -0.3 is 15.4 Å². The topological polar surface area (TPSA) is 50.4 Å². The number of nitrogens with one attached hydrogen (secondary N) is 2. The van der Waals surface area contributed by atoms with E-state index in [0.717, 1.165) is 5.56 Å². The molecule has 2 aromatic carbocycles. The van der Waals surface area contributed by atoms with E-state index in [1.807, 2.05) is 13.0 Å². The van der Waals surface area contributed by atoms with Crippen LogP contribution in [-0.2, 0) is 0 Å². The zero-order valence-corrected chi connectivity index (χ0v) is 13.0. The van der Waals surface area contributed by atoms with Crippen molar-refractivity contribution >= 4 is 40.6 Å². The minimum Gasteiger partial charge on any atom is -0.497 e. The molecule has 2 N–H and O–H groups in total. The van der Waals surface area contributed by atoms with Crippen molar-refractivity contribution in [3.8, 4) is 5.75 Å². The second kappa shape index (κ2) is 6.70. The van der Waals surface area contributed by atoms with Crippen LogP contribution < -0.4 is 15.4 Å². The summed E-state index contributed by atoms with van der Waals surface area (Å²) in [6.07, 6.45) is 0. The zero-order chi connectivity index (χ0) is 15.4. The van der Waals surface area contributed by atoms with Gasteiger partial charge in [0.15, 0.2) is 0 Å². The predicted octanol–water partition coefficient (Wildman–Crippen LogP) is 4.95. The van der Waals surface area contributed by atoms with Crippen molar-refractivity contribution in [2.75, 3.05) is 17.7 Å². The summed E-state index contributed by atoms with van der Waals surface area (Å²) < 4.78 is 5.10. The molecule has 0 heterocycles. The van der Waals surface area contributed by atoms with Crippen LogP contribution >= 0.6 is 23.2 Å². The summed E-state index contributed by atoms with van der Waals surface area (Å²) >= 11 is 12.0. The standard InChI is InChI=1S/C15H14Cl2N2O2/c1-9-3-4-10(16)7-13(9)18-15(20)19-14-8-11(21-2)5-6-12(14)17/h3-8H,1-2H3,(H2,18,19,20). The first-order valence-corrected chi connectivity index (χ1v) is 6.93. The van der Waals surface area contributed by atoms with Crippen molar-refractivity contribution in [3.05, 3.63) is 52.0 Å². The maximum atomic E-state index is 12.0. The molecule has 0 bridgehead atoms. The van der Waals surface area contributed by atoms with Gasteiger partial charge in [-0.2, -0.15) is 0 Å². The van der Waals surface area contributed by atoms with Gasteiger partial charge >= 0.3 is 6.03 Å². The van der Waals surface area contributed by atoms with Crippen LogP contribution in [0.5, 0.6) is 5.75 Å². The van der Waals surface area contributed by atoms with Crippen molar-refractivity contribution in [1.29, 1.82) is 0 Å². The van der Waals surface area contributed by atoms with E-state index in [4.69, 9.17) is 27.9 Å². The molecule has 0 radical (unpaired) electrons. The van der Waals surface area contributed by atoms with Gasteiger partial charge in [-0.05, 0) is 36.8 Å². The fraction of sp³-hybridized carbons (Fsp3) is 0.133. The maximum Gasteiger partial charge on any atom is 0.323 e. The van der Waals surface area contributed by atoms with Crippen LogP contribution in [-0.4, -0.2) is 13.1 Å². The highest BCUT2D eigenvalue weighted by Gasteiger charge is 2.09. The number of halogens is 2. The molecule has 0 atom stereocenters. The van der Waals surface area contributed by atoms with E-state index in [-0.39, 0.29) is 0 Å². The van der Waals surface area contributed by atoms with Gasteiger partial charge in [0.1, 0.15) is 5.75 Å². The molecule has 0 aliphatic heterocycles. The summed E-state index contributed by atoms with van der Waals surface area (Å²) in [5.41, 5.74) is 2.01. The molecule has 6 heteroatoms. The molecule has 2 aromatic rings. The lowest BCUT2D eigenvalue weighted by Gasteiger charge is -2.12. The smallest absolute Gasteiger partial charge is 0.323 e. The van der Waals surface area contributed by atoms with Gasteiger partial charge in [-0.15, -0.1) is 0 Å². The number of urea groups is 1. The number of aryl methyl sites for hydroxylation is 1. The van der Waals surface area contributed by atoms with Crippen LogP contribution in [0.15, 0.2) is 36.4 Å². The molecule has 110 valence electrons. The number of anilines is 2. The first-order chi connectivity index (χ1) is 9.99. The Kier molecular flexibility index (Phi) is 4.94. The molecule has 0 spiro atoms. The highest BCUT2D eigenvalue weighted by molar-refractivity contribution is 6.34. The lowest BCUT2D eigenvalue weighted by Crippen LogP contribution is -2.20. The monoisotopic (exact) mass is 324 g/mol. The van der Waals surface area contributed by atoms with E-state index in [2.05, 4.69) is 10.6 Å². The number of benzene rings is 2. The normalized spacial score (nSPS) is 10.1. The van der Waals surface area contributed by atoms with Crippen molar-refractivity contribution in [2.24, 2.45) is 0 Å². The Morgan fingerprint density at radius 3 is 2.48 bits per heavy atom. The largest absolute Gasteiger partial charge is 0.497 e. The second-order valence-corrected chi connectivity index (χ2v) is 5.23. The van der Waals surface area contributed by atoms with Gasteiger partial charge in [-0.25, -0.2) is 4.79 Å². The summed E-state index contributed by atoms with van der Waals surface area (Å²) in [5, 5.41) is 6.38. The molecule has 4 nitrogen and oxygen atoms in total. The third kappa shape index (κ3) is 4.03. The molecule has 0 aromatic heterocycles. The Labute approximate surface area is 133 Å². The predicted molar refractivity (Wildman–Crippen MR) is 86.8 cm³/mol. The average molecular weight is 325 g/mol. The van der Waals surface area contributed by atoms with Gasteiger partial charge in [0.05, 0.1) is 17.8 Å². The number of amides is 2. The Hall–Kier alpha value is -1.91. The number of rotatable bonds is 3. The molecule has 0 aliphatic rings. The van der Waals surface area contributed by atoms with Crippen molar-refractivity contribution in [3.63, 3.8) is 0 Å². The number of carbonyl (C=O) groups excluding carboxylic acids is 1. The summed E-state index contributed by atoms with van der Waals surface area (Å²) in [7, 11) is 1.54. The van der Waals surface area contributed by atoms with E-state index in [9.17, 15) is 4.79 Å².